The highest BCUT2D eigenvalue weighted by Gasteiger charge is 2.54. The molecule has 1 aromatic carbocycles. The van der Waals surface area contributed by atoms with Crippen molar-refractivity contribution in [2.24, 2.45) is 0 Å². The van der Waals surface area contributed by atoms with Crippen LogP contribution in [0.5, 0.6) is 0 Å². The van der Waals surface area contributed by atoms with Gasteiger partial charge in [-0.25, -0.2) is 8.78 Å². The molecular formula is C19H28F2NO4Si-. The molecule has 0 spiro atoms. The largest absolute Gasteiger partial charge is 0.547 e. The predicted molar refractivity (Wildman–Crippen MR) is 100 cm³/mol. The van der Waals surface area contributed by atoms with E-state index in [1.807, 2.05) is 20.8 Å². The van der Waals surface area contributed by atoms with E-state index in [4.69, 9.17) is 4.43 Å². The molecular weight excluding hydrogens is 372 g/mol. The summed E-state index contributed by atoms with van der Waals surface area (Å²) >= 11 is 0. The number of carboxylic acids is 1. The van der Waals surface area contributed by atoms with Crippen molar-refractivity contribution in [3.8, 4) is 0 Å². The average Bonchev–Trinajstić information content (AvgIpc) is 2.50. The Labute approximate surface area is 160 Å². The van der Waals surface area contributed by atoms with E-state index in [9.17, 15) is 23.5 Å². The molecule has 0 radical (unpaired) electrons. The van der Waals surface area contributed by atoms with Gasteiger partial charge in [0.15, 0.2) is 8.32 Å². The topological polar surface area (TPSA) is 78.5 Å². The van der Waals surface area contributed by atoms with E-state index in [0.29, 0.717) is 6.92 Å². The summed E-state index contributed by atoms with van der Waals surface area (Å²) in [5, 5.41) is 13.7. The molecule has 1 amide bonds. The fourth-order valence-electron chi connectivity index (χ4n) is 2.45. The van der Waals surface area contributed by atoms with Crippen LogP contribution in [0.1, 0.15) is 45.0 Å². The number of halogens is 2. The van der Waals surface area contributed by atoms with Crippen LogP contribution in [-0.2, 0) is 9.22 Å². The van der Waals surface area contributed by atoms with E-state index in [0.717, 1.165) is 6.92 Å². The third-order valence-electron chi connectivity index (χ3n) is 5.05. The molecule has 152 valence electrons. The van der Waals surface area contributed by atoms with E-state index < -0.39 is 42.8 Å². The Morgan fingerprint density at radius 3 is 1.93 bits per heavy atom. The van der Waals surface area contributed by atoms with Crippen molar-refractivity contribution in [2.75, 3.05) is 0 Å². The monoisotopic (exact) mass is 400 g/mol. The van der Waals surface area contributed by atoms with Crippen molar-refractivity contribution in [1.82, 2.24) is 5.32 Å². The predicted octanol–water partition coefficient (Wildman–Crippen LogP) is 2.97. The highest BCUT2D eigenvalue weighted by molar-refractivity contribution is 6.74. The van der Waals surface area contributed by atoms with Gasteiger partial charge in [0.2, 0.25) is 0 Å². The van der Waals surface area contributed by atoms with Gasteiger partial charge >= 0.3 is 0 Å². The van der Waals surface area contributed by atoms with E-state index >= 15 is 0 Å². The van der Waals surface area contributed by atoms with Crippen LogP contribution in [0.4, 0.5) is 8.78 Å². The number of hydrogen-bond acceptors (Lipinski definition) is 4. The summed E-state index contributed by atoms with van der Waals surface area (Å²) in [5.41, 5.74) is -2.27. The highest BCUT2D eigenvalue weighted by atomic mass is 28.4. The first-order chi connectivity index (χ1) is 12.0. The fraction of sp³-hybridized carbons (Fsp3) is 0.579. The maximum Gasteiger partial charge on any atom is 0.268 e. The van der Waals surface area contributed by atoms with Crippen LogP contribution in [0.3, 0.4) is 0 Å². The Hall–Kier alpha value is -1.80. The van der Waals surface area contributed by atoms with Crippen LogP contribution in [0.15, 0.2) is 30.3 Å². The molecule has 0 heterocycles. The molecule has 0 saturated carbocycles. The first-order valence-electron chi connectivity index (χ1n) is 8.68. The van der Waals surface area contributed by atoms with Gasteiger partial charge in [-0.05, 0) is 37.2 Å². The Morgan fingerprint density at radius 2 is 1.56 bits per heavy atom. The lowest BCUT2D eigenvalue weighted by Gasteiger charge is -2.49. The van der Waals surface area contributed by atoms with Crippen LogP contribution >= 0.6 is 0 Å². The van der Waals surface area contributed by atoms with Gasteiger partial charge in [0, 0.05) is 12.5 Å². The molecule has 2 atom stereocenters. The number of aliphatic carboxylic acids is 1. The molecule has 0 aliphatic rings. The maximum absolute atomic E-state index is 14.4. The number of carbonyl (C=O) groups excluding carboxylic acids is 2. The number of amides is 1. The summed E-state index contributed by atoms with van der Waals surface area (Å²) < 4.78 is 34.7. The number of benzene rings is 1. The lowest BCUT2D eigenvalue weighted by atomic mass is 9.91. The van der Waals surface area contributed by atoms with E-state index in [2.05, 4.69) is 5.32 Å². The molecule has 1 N–H and O–H groups in total. The van der Waals surface area contributed by atoms with Gasteiger partial charge < -0.3 is 19.6 Å². The molecule has 27 heavy (non-hydrogen) atoms. The summed E-state index contributed by atoms with van der Waals surface area (Å²) in [7, 11) is -2.78. The average molecular weight is 401 g/mol. The second-order valence-electron chi connectivity index (χ2n) is 8.49. The Bertz CT molecular complexity index is 683. The van der Waals surface area contributed by atoms with Crippen molar-refractivity contribution in [3.05, 3.63) is 35.9 Å². The summed E-state index contributed by atoms with van der Waals surface area (Å²) in [6, 6.07) is 5.62. The smallest absolute Gasteiger partial charge is 0.268 e. The minimum Gasteiger partial charge on any atom is -0.547 e. The molecule has 0 aromatic heterocycles. The number of carbonyl (C=O) groups is 2. The molecule has 0 aliphatic heterocycles. The van der Waals surface area contributed by atoms with Crippen molar-refractivity contribution < 1.29 is 27.9 Å². The number of carboxylic acid groups (broad SMARTS) is 1. The molecule has 0 saturated heterocycles. The molecule has 1 aromatic rings. The Morgan fingerprint density at radius 1 is 1.07 bits per heavy atom. The van der Waals surface area contributed by atoms with E-state index in [1.165, 1.54) is 12.1 Å². The van der Waals surface area contributed by atoms with Gasteiger partial charge in [-0.15, -0.1) is 0 Å². The molecule has 0 fully saturated rings. The molecule has 0 unspecified atom stereocenters. The normalized spacial score (nSPS) is 16.3. The molecule has 8 heteroatoms. The van der Waals surface area contributed by atoms with E-state index in [-0.39, 0.29) is 5.56 Å². The van der Waals surface area contributed by atoms with Gasteiger partial charge in [0.1, 0.15) is 11.6 Å². The van der Waals surface area contributed by atoms with Crippen molar-refractivity contribution in [1.29, 1.82) is 0 Å². The second kappa shape index (κ2) is 7.67. The zero-order valence-corrected chi connectivity index (χ0v) is 17.9. The van der Waals surface area contributed by atoms with Gasteiger partial charge in [-0.2, -0.15) is 0 Å². The summed E-state index contributed by atoms with van der Waals surface area (Å²) in [6.07, 6.45) is 0. The van der Waals surface area contributed by atoms with Crippen LogP contribution in [0, 0.1) is 0 Å². The first-order valence-corrected chi connectivity index (χ1v) is 11.6. The van der Waals surface area contributed by atoms with Crippen LogP contribution in [0.25, 0.3) is 0 Å². The minimum atomic E-state index is -3.57. The number of nitrogens with one attached hydrogen (secondary N) is 1. The fourth-order valence-corrected chi connectivity index (χ4v) is 4.02. The van der Waals surface area contributed by atoms with Crippen LogP contribution in [0.2, 0.25) is 18.1 Å². The van der Waals surface area contributed by atoms with Gasteiger partial charge in [-0.3, -0.25) is 4.79 Å². The molecule has 0 aliphatic carbocycles. The van der Waals surface area contributed by atoms with Crippen LogP contribution < -0.4 is 10.4 Å². The summed E-state index contributed by atoms with van der Waals surface area (Å²) in [5.74, 6) is -6.18. The van der Waals surface area contributed by atoms with Crippen molar-refractivity contribution in [2.45, 2.75) is 70.3 Å². The van der Waals surface area contributed by atoms with Gasteiger partial charge in [0.05, 0.1) is 5.97 Å². The van der Waals surface area contributed by atoms with Crippen molar-refractivity contribution >= 4 is 20.2 Å². The quantitative estimate of drug-likeness (QED) is 0.714. The maximum atomic E-state index is 14.4. The lowest BCUT2D eigenvalue weighted by molar-refractivity contribution is -0.326. The summed E-state index contributed by atoms with van der Waals surface area (Å²) in [6.45, 7) is 10.7. The zero-order chi connectivity index (χ0) is 21.3. The first kappa shape index (κ1) is 23.2. The highest BCUT2D eigenvalue weighted by Crippen LogP contribution is 2.41. The SMILES string of the molecule is CC(F)(F)[C@H](NC(=O)c1ccccc1)[C@@](C)(O[Si](C)(C)C(C)(C)C)C(=O)[O-]. The molecule has 5 nitrogen and oxygen atoms in total. The second-order valence-corrected chi connectivity index (χ2v) is 13.2. The van der Waals surface area contributed by atoms with Gasteiger partial charge in [0.25, 0.3) is 11.8 Å². The zero-order valence-electron chi connectivity index (χ0n) is 16.9. The third kappa shape index (κ3) is 5.35. The number of rotatable bonds is 7. The Balaban J connectivity index is 3.35. The summed E-state index contributed by atoms with van der Waals surface area (Å²) in [4.78, 5) is 24.4. The van der Waals surface area contributed by atoms with Crippen LogP contribution in [-0.4, -0.2) is 37.8 Å². The number of hydrogen-bond donors (Lipinski definition) is 1. The Kier molecular flexibility index (Phi) is 6.60. The molecule has 0 bridgehead atoms. The minimum absolute atomic E-state index is 0.139. The number of alkyl halides is 2. The lowest BCUT2D eigenvalue weighted by Crippen LogP contribution is -2.70. The third-order valence-corrected chi connectivity index (χ3v) is 9.59. The van der Waals surface area contributed by atoms with Gasteiger partial charge in [-0.1, -0.05) is 39.0 Å². The molecule has 1 rings (SSSR count). The standard InChI is InChI=1S/C19H29F2NO4Si/c1-17(2,3)27(6,7)26-18(4,16(24)25)15(19(5,20)21)22-14(23)13-11-9-8-10-12-13/h8-12,15H,1-7H3,(H,22,23)(H,24,25)/p-1/t15-,18-/m1/s1. The van der Waals surface area contributed by atoms with E-state index in [1.54, 1.807) is 31.3 Å². The van der Waals surface area contributed by atoms with Crippen molar-refractivity contribution in [3.63, 3.8) is 0 Å².